The molecular weight excluding hydrogens is 212 g/mol. The lowest BCUT2D eigenvalue weighted by Crippen LogP contribution is -1.88. The summed E-state index contributed by atoms with van der Waals surface area (Å²) in [6.07, 6.45) is 0.876. The van der Waals surface area contributed by atoms with E-state index in [0.29, 0.717) is 24.0 Å². The third-order valence-corrected chi connectivity index (χ3v) is 2.39. The molecule has 0 aromatic carbocycles. The summed E-state index contributed by atoms with van der Waals surface area (Å²) in [5.41, 5.74) is 1.11. The van der Waals surface area contributed by atoms with Crippen LogP contribution in [0.4, 0.5) is 0 Å². The molecule has 16 heavy (non-hydrogen) atoms. The summed E-state index contributed by atoms with van der Waals surface area (Å²) in [5, 5.41) is 36.9. The Morgan fingerprint density at radius 2 is 1.12 bits per heavy atom. The molecule has 6 N–H and O–H groups in total. The summed E-state index contributed by atoms with van der Waals surface area (Å²) in [6, 6.07) is 2.83. The van der Waals surface area contributed by atoms with E-state index in [4.69, 9.17) is 10.2 Å². The largest absolute Gasteiger partial charge is 0.495 e. The molecule has 0 fully saturated rings. The molecule has 0 aliphatic heterocycles. The number of nitrogens with one attached hydrogen (secondary N) is 2. The zero-order chi connectivity index (χ0) is 11.7. The maximum absolute atomic E-state index is 9.35. The fourth-order valence-corrected chi connectivity index (χ4v) is 1.59. The average Bonchev–Trinajstić information content (AvgIpc) is 2.66. The van der Waals surface area contributed by atoms with Crippen molar-refractivity contribution in [3.63, 3.8) is 0 Å². The fraction of sp³-hybridized carbons (Fsp3) is 0.200. The fourth-order valence-electron chi connectivity index (χ4n) is 1.59. The molecule has 0 spiro atoms. The Morgan fingerprint density at radius 3 is 1.38 bits per heavy atom. The van der Waals surface area contributed by atoms with Crippen LogP contribution >= 0.6 is 0 Å². The Bertz CT molecular complexity index is 455. The Hall–Kier alpha value is -2.24. The van der Waals surface area contributed by atoms with Crippen LogP contribution in [-0.4, -0.2) is 30.4 Å². The van der Waals surface area contributed by atoms with Gasteiger partial charge in [-0.2, -0.15) is 0 Å². The Balaban J connectivity index is 2.07. The van der Waals surface area contributed by atoms with Gasteiger partial charge < -0.3 is 20.4 Å². The summed E-state index contributed by atoms with van der Waals surface area (Å²) in [7, 11) is 0. The van der Waals surface area contributed by atoms with Crippen molar-refractivity contribution in [1.82, 2.24) is 9.97 Å². The van der Waals surface area contributed by atoms with Crippen molar-refractivity contribution in [2.75, 3.05) is 0 Å². The Kier molecular flexibility index (Phi) is 2.40. The highest BCUT2D eigenvalue weighted by atomic mass is 16.3. The van der Waals surface area contributed by atoms with E-state index in [1.54, 1.807) is 0 Å². The van der Waals surface area contributed by atoms with E-state index < -0.39 is 0 Å². The Labute approximate surface area is 90.8 Å². The highest BCUT2D eigenvalue weighted by molar-refractivity contribution is 5.36. The number of aromatic nitrogens is 2. The number of aromatic hydroxyl groups is 4. The van der Waals surface area contributed by atoms with Gasteiger partial charge >= 0.3 is 0 Å². The summed E-state index contributed by atoms with van der Waals surface area (Å²) in [5.74, 6) is -0.379. The second-order valence-electron chi connectivity index (χ2n) is 3.56. The van der Waals surface area contributed by atoms with Crippen molar-refractivity contribution in [2.45, 2.75) is 12.8 Å². The van der Waals surface area contributed by atoms with Crippen LogP contribution in [0.25, 0.3) is 0 Å². The third-order valence-electron chi connectivity index (χ3n) is 2.39. The number of rotatable bonds is 3. The van der Waals surface area contributed by atoms with Crippen LogP contribution in [0.1, 0.15) is 11.1 Å². The Morgan fingerprint density at radius 1 is 0.750 bits per heavy atom. The first-order valence-electron chi connectivity index (χ1n) is 4.76. The van der Waals surface area contributed by atoms with Crippen molar-refractivity contribution in [3.8, 4) is 23.5 Å². The minimum Gasteiger partial charge on any atom is -0.495 e. The molecule has 0 amide bonds. The summed E-state index contributed by atoms with van der Waals surface area (Å²) >= 11 is 0. The number of aryl methyl sites for hydroxylation is 2. The molecule has 2 rings (SSSR count). The number of hydrogen-bond acceptors (Lipinski definition) is 4. The van der Waals surface area contributed by atoms with E-state index in [1.165, 1.54) is 12.1 Å². The molecule has 2 aromatic heterocycles. The van der Waals surface area contributed by atoms with Crippen molar-refractivity contribution >= 4 is 0 Å². The molecule has 86 valence electrons. The highest BCUT2D eigenvalue weighted by Gasteiger charge is 2.10. The molecule has 0 aliphatic rings. The second-order valence-corrected chi connectivity index (χ2v) is 3.56. The van der Waals surface area contributed by atoms with Gasteiger partial charge in [-0.1, -0.05) is 0 Å². The second kappa shape index (κ2) is 3.73. The van der Waals surface area contributed by atoms with Gasteiger partial charge in [0.25, 0.3) is 0 Å². The molecule has 0 unspecified atom stereocenters. The maximum Gasteiger partial charge on any atom is 0.194 e. The molecule has 0 aliphatic carbocycles. The van der Waals surface area contributed by atoms with Gasteiger partial charge in [0.05, 0.1) is 0 Å². The predicted octanol–water partition coefficient (Wildman–Crippen LogP) is 0.950. The lowest BCUT2D eigenvalue weighted by Gasteiger charge is -1.97. The summed E-state index contributed by atoms with van der Waals surface area (Å²) < 4.78 is 0. The van der Waals surface area contributed by atoms with Gasteiger partial charge in [-0.25, -0.2) is 0 Å². The van der Waals surface area contributed by atoms with Gasteiger partial charge in [0.15, 0.2) is 23.5 Å². The lowest BCUT2D eigenvalue weighted by atomic mass is 10.1. The van der Waals surface area contributed by atoms with Crippen molar-refractivity contribution < 1.29 is 20.4 Å². The zero-order valence-corrected chi connectivity index (χ0v) is 8.36. The van der Waals surface area contributed by atoms with Crippen LogP contribution in [-0.2, 0) is 12.8 Å². The first kappa shape index (κ1) is 10.3. The van der Waals surface area contributed by atoms with E-state index in [-0.39, 0.29) is 23.5 Å². The van der Waals surface area contributed by atoms with Crippen molar-refractivity contribution in [3.05, 3.63) is 23.3 Å². The number of H-pyrrole nitrogens is 2. The van der Waals surface area contributed by atoms with Crippen LogP contribution in [0, 0.1) is 0 Å². The van der Waals surface area contributed by atoms with Gasteiger partial charge in [-0.05, 0) is 12.8 Å². The molecular formula is C10H12N2O4. The topological polar surface area (TPSA) is 112 Å². The molecule has 0 bridgehead atoms. The van der Waals surface area contributed by atoms with Gasteiger partial charge in [0.2, 0.25) is 0 Å². The standard InChI is InChI=1S/C10H12N2O4/c13-7-3-5(9(15)11-7)1-2-6-4-8(14)12-10(6)16/h3-4,11-16H,1-2H2. The first-order chi connectivity index (χ1) is 7.56. The molecule has 0 radical (unpaired) electrons. The van der Waals surface area contributed by atoms with E-state index in [9.17, 15) is 10.2 Å². The van der Waals surface area contributed by atoms with Crippen molar-refractivity contribution in [1.29, 1.82) is 0 Å². The molecule has 0 atom stereocenters. The van der Waals surface area contributed by atoms with Crippen LogP contribution in [0.5, 0.6) is 23.5 Å². The van der Waals surface area contributed by atoms with Crippen LogP contribution < -0.4 is 0 Å². The highest BCUT2D eigenvalue weighted by Crippen LogP contribution is 2.26. The molecule has 2 heterocycles. The van der Waals surface area contributed by atoms with E-state index >= 15 is 0 Å². The molecule has 2 aromatic rings. The van der Waals surface area contributed by atoms with E-state index in [0.717, 1.165) is 0 Å². The van der Waals surface area contributed by atoms with E-state index in [2.05, 4.69) is 9.97 Å². The molecule has 0 saturated heterocycles. The zero-order valence-electron chi connectivity index (χ0n) is 8.36. The minimum atomic E-state index is -0.103. The van der Waals surface area contributed by atoms with Gasteiger partial charge in [-0.3, -0.25) is 9.97 Å². The predicted molar refractivity (Wildman–Crippen MR) is 55.7 cm³/mol. The number of aromatic amines is 2. The first-order valence-corrected chi connectivity index (χ1v) is 4.76. The smallest absolute Gasteiger partial charge is 0.194 e. The number of hydrogen-bond donors (Lipinski definition) is 6. The van der Waals surface area contributed by atoms with Gasteiger partial charge in [0.1, 0.15) is 0 Å². The lowest BCUT2D eigenvalue weighted by molar-refractivity contribution is 0.420. The molecule has 6 nitrogen and oxygen atoms in total. The van der Waals surface area contributed by atoms with Crippen LogP contribution in [0.3, 0.4) is 0 Å². The summed E-state index contributed by atoms with van der Waals surface area (Å²) in [6.45, 7) is 0. The summed E-state index contributed by atoms with van der Waals surface area (Å²) in [4.78, 5) is 4.71. The molecule has 6 heteroatoms. The average molecular weight is 224 g/mol. The van der Waals surface area contributed by atoms with Gasteiger partial charge in [-0.15, -0.1) is 0 Å². The van der Waals surface area contributed by atoms with Crippen LogP contribution in [0.15, 0.2) is 12.1 Å². The van der Waals surface area contributed by atoms with Crippen LogP contribution in [0.2, 0.25) is 0 Å². The quantitative estimate of drug-likeness (QED) is 0.466. The SMILES string of the molecule is Oc1cc(CCc2cc(O)[nH]c2O)c(O)[nH]1. The van der Waals surface area contributed by atoms with Crippen molar-refractivity contribution in [2.24, 2.45) is 0 Å². The molecule has 0 saturated carbocycles. The minimum absolute atomic E-state index is 0.0863. The monoisotopic (exact) mass is 224 g/mol. The van der Waals surface area contributed by atoms with E-state index in [1.807, 2.05) is 0 Å². The van der Waals surface area contributed by atoms with Gasteiger partial charge in [0, 0.05) is 23.3 Å². The normalized spacial score (nSPS) is 10.8. The third kappa shape index (κ3) is 1.90. The maximum atomic E-state index is 9.35.